The molecule has 4 heteroatoms. The summed E-state index contributed by atoms with van der Waals surface area (Å²) in [4.78, 5) is 16.4. The van der Waals surface area contributed by atoms with Crippen molar-refractivity contribution in [2.75, 3.05) is 0 Å². The first kappa shape index (κ1) is 14.0. The molecular weight excluding hydrogens is 262 g/mol. The first-order valence-corrected chi connectivity index (χ1v) is 7.72. The Bertz CT molecular complexity index is 626. The fourth-order valence-electron chi connectivity index (χ4n) is 2.96. The third kappa shape index (κ3) is 3.38. The minimum atomic E-state index is 0.0348. The normalized spacial score (nSPS) is 16.0. The van der Waals surface area contributed by atoms with Gasteiger partial charge in [-0.15, -0.1) is 0 Å². The summed E-state index contributed by atoms with van der Waals surface area (Å²) in [5, 5.41) is 4.59. The fourth-order valence-corrected chi connectivity index (χ4v) is 2.96. The van der Waals surface area contributed by atoms with Gasteiger partial charge in [0.05, 0.1) is 18.2 Å². The van der Waals surface area contributed by atoms with E-state index in [2.05, 4.69) is 10.1 Å². The SMILES string of the molecule is Cc1ccnc(C(=O)Cc2ccn(C3CCCCC3)n2)c1. The monoisotopic (exact) mass is 283 g/mol. The van der Waals surface area contributed by atoms with Crippen molar-refractivity contribution >= 4 is 5.78 Å². The van der Waals surface area contributed by atoms with Gasteiger partial charge >= 0.3 is 0 Å². The molecule has 2 heterocycles. The summed E-state index contributed by atoms with van der Waals surface area (Å²) in [5.74, 6) is 0.0348. The molecule has 0 amide bonds. The van der Waals surface area contributed by atoms with Crippen LogP contribution < -0.4 is 0 Å². The van der Waals surface area contributed by atoms with Gasteiger partial charge in [-0.25, -0.2) is 0 Å². The van der Waals surface area contributed by atoms with Crippen molar-refractivity contribution in [3.8, 4) is 0 Å². The molecule has 0 spiro atoms. The van der Waals surface area contributed by atoms with E-state index < -0.39 is 0 Å². The smallest absolute Gasteiger partial charge is 0.187 e. The molecule has 1 saturated carbocycles. The van der Waals surface area contributed by atoms with E-state index in [0.717, 1.165) is 11.3 Å². The summed E-state index contributed by atoms with van der Waals surface area (Å²) < 4.78 is 2.05. The molecule has 0 N–H and O–H groups in total. The Balaban J connectivity index is 1.68. The lowest BCUT2D eigenvalue weighted by Crippen LogP contribution is -2.14. The first-order valence-electron chi connectivity index (χ1n) is 7.72. The van der Waals surface area contributed by atoms with Crippen molar-refractivity contribution in [2.24, 2.45) is 0 Å². The van der Waals surface area contributed by atoms with Gasteiger partial charge in [-0.3, -0.25) is 14.5 Å². The summed E-state index contributed by atoms with van der Waals surface area (Å²) in [6, 6.07) is 6.21. The number of hydrogen-bond donors (Lipinski definition) is 0. The molecule has 4 nitrogen and oxygen atoms in total. The third-order valence-corrected chi connectivity index (χ3v) is 4.16. The number of carbonyl (C=O) groups excluding carboxylic acids is 1. The van der Waals surface area contributed by atoms with Crippen molar-refractivity contribution in [3.05, 3.63) is 47.5 Å². The predicted molar refractivity (Wildman–Crippen MR) is 81.4 cm³/mol. The Hall–Kier alpha value is -1.97. The Morgan fingerprint density at radius 3 is 2.86 bits per heavy atom. The number of ketones is 1. The average Bonchev–Trinajstić information content (AvgIpc) is 2.97. The highest BCUT2D eigenvalue weighted by Crippen LogP contribution is 2.27. The topological polar surface area (TPSA) is 47.8 Å². The maximum Gasteiger partial charge on any atom is 0.187 e. The second-order valence-electron chi connectivity index (χ2n) is 5.90. The van der Waals surface area contributed by atoms with Crippen molar-refractivity contribution in [1.82, 2.24) is 14.8 Å². The second kappa shape index (κ2) is 6.20. The highest BCUT2D eigenvalue weighted by atomic mass is 16.1. The van der Waals surface area contributed by atoms with Crippen molar-refractivity contribution in [1.29, 1.82) is 0 Å². The molecule has 0 aromatic carbocycles. The van der Waals surface area contributed by atoms with E-state index in [-0.39, 0.29) is 5.78 Å². The second-order valence-corrected chi connectivity index (χ2v) is 5.90. The number of aromatic nitrogens is 3. The Kier molecular flexibility index (Phi) is 4.13. The van der Waals surface area contributed by atoms with Crippen LogP contribution in [0.1, 0.15) is 59.9 Å². The van der Waals surface area contributed by atoms with Crippen LogP contribution in [0.4, 0.5) is 0 Å². The van der Waals surface area contributed by atoms with Crippen LogP contribution >= 0.6 is 0 Å². The number of hydrogen-bond acceptors (Lipinski definition) is 3. The zero-order valence-electron chi connectivity index (χ0n) is 12.5. The predicted octanol–water partition coefficient (Wildman–Crippen LogP) is 3.52. The van der Waals surface area contributed by atoms with Crippen LogP contribution in [0, 0.1) is 6.92 Å². The molecule has 0 atom stereocenters. The number of nitrogens with zero attached hydrogens (tertiary/aromatic N) is 3. The van der Waals surface area contributed by atoms with Crippen molar-refractivity contribution in [2.45, 2.75) is 51.5 Å². The van der Waals surface area contributed by atoms with Crippen LogP contribution in [0.3, 0.4) is 0 Å². The molecular formula is C17H21N3O. The Morgan fingerprint density at radius 1 is 1.29 bits per heavy atom. The first-order chi connectivity index (χ1) is 10.2. The average molecular weight is 283 g/mol. The van der Waals surface area contributed by atoms with Crippen LogP contribution in [-0.2, 0) is 6.42 Å². The van der Waals surface area contributed by atoms with Crippen LogP contribution in [0.5, 0.6) is 0 Å². The Morgan fingerprint density at radius 2 is 2.10 bits per heavy atom. The molecule has 0 aliphatic heterocycles. The lowest BCUT2D eigenvalue weighted by atomic mass is 9.96. The van der Waals surface area contributed by atoms with Gasteiger partial charge in [0.1, 0.15) is 5.69 Å². The highest BCUT2D eigenvalue weighted by Gasteiger charge is 2.17. The fraction of sp³-hybridized carbons (Fsp3) is 0.471. The van der Waals surface area contributed by atoms with Gasteiger partial charge in [0.15, 0.2) is 5.78 Å². The van der Waals surface area contributed by atoms with Crippen LogP contribution in [0.2, 0.25) is 0 Å². The van der Waals surface area contributed by atoms with Crippen LogP contribution in [0.15, 0.2) is 30.6 Å². The summed E-state index contributed by atoms with van der Waals surface area (Å²) in [6.07, 6.45) is 10.3. The zero-order valence-corrected chi connectivity index (χ0v) is 12.5. The van der Waals surface area contributed by atoms with E-state index in [1.165, 1.54) is 32.1 Å². The molecule has 2 aromatic rings. The molecule has 3 rings (SSSR count). The molecule has 1 aliphatic carbocycles. The van der Waals surface area contributed by atoms with E-state index in [1.54, 1.807) is 6.20 Å². The summed E-state index contributed by atoms with van der Waals surface area (Å²) >= 11 is 0. The molecule has 0 saturated heterocycles. The lowest BCUT2D eigenvalue weighted by Gasteiger charge is -2.21. The lowest BCUT2D eigenvalue weighted by molar-refractivity contribution is 0.0986. The molecule has 0 bridgehead atoms. The van der Waals surface area contributed by atoms with E-state index in [9.17, 15) is 4.79 Å². The molecule has 1 fully saturated rings. The minimum Gasteiger partial charge on any atom is -0.292 e. The van der Waals surface area contributed by atoms with Crippen LogP contribution in [0.25, 0.3) is 0 Å². The minimum absolute atomic E-state index is 0.0348. The van der Waals surface area contributed by atoms with Gasteiger partial charge in [0.2, 0.25) is 0 Å². The van der Waals surface area contributed by atoms with Gasteiger partial charge < -0.3 is 0 Å². The van der Waals surface area contributed by atoms with Gasteiger partial charge in [-0.1, -0.05) is 19.3 Å². The largest absolute Gasteiger partial charge is 0.292 e. The maximum atomic E-state index is 12.2. The van der Waals surface area contributed by atoms with Gasteiger partial charge in [0.25, 0.3) is 0 Å². The maximum absolute atomic E-state index is 12.2. The van der Waals surface area contributed by atoms with E-state index in [0.29, 0.717) is 18.2 Å². The number of pyridine rings is 1. The molecule has 21 heavy (non-hydrogen) atoms. The van der Waals surface area contributed by atoms with Crippen molar-refractivity contribution in [3.63, 3.8) is 0 Å². The Labute approximate surface area is 125 Å². The van der Waals surface area contributed by atoms with Crippen LogP contribution in [-0.4, -0.2) is 20.5 Å². The summed E-state index contributed by atoms with van der Waals surface area (Å²) in [5.41, 5.74) is 2.43. The third-order valence-electron chi connectivity index (χ3n) is 4.16. The van der Waals surface area contributed by atoms with Crippen molar-refractivity contribution < 1.29 is 4.79 Å². The number of rotatable bonds is 4. The molecule has 0 unspecified atom stereocenters. The standard InChI is InChI=1S/C17H21N3O/c1-13-7-9-18-16(11-13)17(21)12-14-8-10-20(19-14)15-5-3-2-4-6-15/h7-11,15H,2-6,12H2,1H3. The van der Waals surface area contributed by atoms with Gasteiger partial charge in [0, 0.05) is 12.4 Å². The quantitative estimate of drug-likeness (QED) is 0.807. The zero-order chi connectivity index (χ0) is 14.7. The van der Waals surface area contributed by atoms with E-state index in [1.807, 2.05) is 36.0 Å². The molecule has 110 valence electrons. The number of carbonyl (C=O) groups is 1. The summed E-state index contributed by atoms with van der Waals surface area (Å²) in [6.45, 7) is 1.97. The molecule has 0 radical (unpaired) electrons. The molecule has 1 aliphatic rings. The number of aryl methyl sites for hydroxylation is 1. The number of Topliss-reactive ketones (excluding diaryl/α,β-unsaturated/α-hetero) is 1. The highest BCUT2D eigenvalue weighted by molar-refractivity contribution is 5.95. The van der Waals surface area contributed by atoms with E-state index >= 15 is 0 Å². The summed E-state index contributed by atoms with van der Waals surface area (Å²) in [7, 11) is 0. The van der Waals surface area contributed by atoms with Gasteiger partial charge in [-0.05, 0) is 43.5 Å². The van der Waals surface area contributed by atoms with E-state index in [4.69, 9.17) is 0 Å². The molecule has 2 aromatic heterocycles. The van der Waals surface area contributed by atoms with Gasteiger partial charge in [-0.2, -0.15) is 5.10 Å².